The molecule has 1 N–H and O–H groups in total. The van der Waals surface area contributed by atoms with Crippen molar-refractivity contribution in [2.45, 2.75) is 116 Å². The predicted octanol–water partition coefficient (Wildman–Crippen LogP) is 6.82. The number of carboxylic acids is 1. The first kappa shape index (κ1) is 25.2. The van der Waals surface area contributed by atoms with Gasteiger partial charge in [-0.05, 0) is 53.1 Å². The van der Waals surface area contributed by atoms with E-state index in [4.69, 9.17) is 0 Å². The molecule has 0 amide bonds. The third kappa shape index (κ3) is 12.5. The highest BCUT2D eigenvalue weighted by Crippen LogP contribution is 2.21. The standard InChI is InChI=1S/C23H45NO2/c1-5-6-7-8-9-10-11-12-13-14-15-16-17-18-19-20-21-23(2,22(25)26)24(3)4/h12-13H,5-11,14-21H2,1-4H3,(H,25,26). The maximum atomic E-state index is 11.4. The van der Waals surface area contributed by atoms with E-state index in [1.807, 2.05) is 25.9 Å². The number of carbonyl (C=O) groups is 1. The minimum atomic E-state index is -0.721. The summed E-state index contributed by atoms with van der Waals surface area (Å²) in [4.78, 5) is 13.2. The van der Waals surface area contributed by atoms with Crippen molar-refractivity contribution in [1.82, 2.24) is 4.90 Å². The van der Waals surface area contributed by atoms with Gasteiger partial charge >= 0.3 is 5.97 Å². The third-order valence-corrected chi connectivity index (χ3v) is 5.62. The molecule has 0 bridgehead atoms. The fraction of sp³-hybridized carbons (Fsp3) is 0.870. The molecule has 1 unspecified atom stereocenters. The molecule has 0 aromatic heterocycles. The lowest BCUT2D eigenvalue weighted by molar-refractivity contribution is -0.149. The molecule has 0 fully saturated rings. The molecule has 26 heavy (non-hydrogen) atoms. The van der Waals surface area contributed by atoms with Gasteiger partial charge in [0.1, 0.15) is 5.54 Å². The topological polar surface area (TPSA) is 40.5 Å². The Morgan fingerprint density at radius 2 is 1.23 bits per heavy atom. The van der Waals surface area contributed by atoms with Crippen LogP contribution < -0.4 is 0 Å². The highest BCUT2D eigenvalue weighted by molar-refractivity contribution is 5.78. The number of nitrogens with zero attached hydrogens (tertiary/aromatic N) is 1. The molecule has 0 aromatic carbocycles. The van der Waals surface area contributed by atoms with Crippen molar-refractivity contribution < 1.29 is 9.90 Å². The zero-order valence-electron chi connectivity index (χ0n) is 18.1. The summed E-state index contributed by atoms with van der Waals surface area (Å²) < 4.78 is 0. The highest BCUT2D eigenvalue weighted by Gasteiger charge is 2.34. The van der Waals surface area contributed by atoms with Crippen molar-refractivity contribution in [3.05, 3.63) is 12.2 Å². The van der Waals surface area contributed by atoms with Gasteiger partial charge in [0.25, 0.3) is 0 Å². The number of hydrogen-bond acceptors (Lipinski definition) is 2. The van der Waals surface area contributed by atoms with Gasteiger partial charge in [-0.15, -0.1) is 0 Å². The number of rotatable bonds is 18. The van der Waals surface area contributed by atoms with Crippen LogP contribution in [0.25, 0.3) is 0 Å². The molecule has 0 aliphatic rings. The van der Waals surface area contributed by atoms with Gasteiger partial charge in [-0.2, -0.15) is 0 Å². The molecule has 0 aliphatic carbocycles. The first-order valence-electron chi connectivity index (χ1n) is 11.0. The van der Waals surface area contributed by atoms with Crippen LogP contribution in [0.4, 0.5) is 0 Å². The summed E-state index contributed by atoms with van der Waals surface area (Å²) in [5.74, 6) is -0.713. The second kappa shape index (κ2) is 16.4. The molecular weight excluding hydrogens is 322 g/mol. The lowest BCUT2D eigenvalue weighted by Gasteiger charge is -2.32. The molecule has 0 aliphatic heterocycles. The molecule has 0 spiro atoms. The lowest BCUT2D eigenvalue weighted by atomic mass is 9.93. The summed E-state index contributed by atoms with van der Waals surface area (Å²) in [6.07, 6.45) is 23.4. The van der Waals surface area contributed by atoms with Crippen LogP contribution >= 0.6 is 0 Å². The quantitative estimate of drug-likeness (QED) is 0.213. The highest BCUT2D eigenvalue weighted by atomic mass is 16.4. The molecule has 0 aromatic rings. The van der Waals surface area contributed by atoms with Crippen molar-refractivity contribution in [1.29, 1.82) is 0 Å². The lowest BCUT2D eigenvalue weighted by Crippen LogP contribution is -2.48. The molecular formula is C23H45NO2. The van der Waals surface area contributed by atoms with E-state index >= 15 is 0 Å². The van der Waals surface area contributed by atoms with E-state index in [0.717, 1.165) is 19.3 Å². The molecule has 3 heteroatoms. The normalized spacial score (nSPS) is 14.2. The number of aliphatic carboxylic acids is 1. The van der Waals surface area contributed by atoms with Crippen LogP contribution in [-0.4, -0.2) is 35.6 Å². The van der Waals surface area contributed by atoms with Gasteiger partial charge in [0.15, 0.2) is 0 Å². The van der Waals surface area contributed by atoms with E-state index in [2.05, 4.69) is 19.1 Å². The number of hydrogen-bond donors (Lipinski definition) is 1. The minimum Gasteiger partial charge on any atom is -0.480 e. The van der Waals surface area contributed by atoms with Gasteiger partial charge in [-0.3, -0.25) is 9.69 Å². The van der Waals surface area contributed by atoms with Crippen LogP contribution in [0.2, 0.25) is 0 Å². The Morgan fingerprint density at radius 1 is 0.808 bits per heavy atom. The van der Waals surface area contributed by atoms with Crippen LogP contribution in [0.3, 0.4) is 0 Å². The van der Waals surface area contributed by atoms with Crippen LogP contribution in [0.5, 0.6) is 0 Å². The van der Waals surface area contributed by atoms with Crippen LogP contribution in [0, 0.1) is 0 Å². The van der Waals surface area contributed by atoms with Crippen molar-refractivity contribution >= 4 is 5.97 Å². The summed E-state index contributed by atoms with van der Waals surface area (Å²) in [6.45, 7) is 4.09. The van der Waals surface area contributed by atoms with Gasteiger partial charge in [-0.25, -0.2) is 0 Å². The van der Waals surface area contributed by atoms with Gasteiger partial charge in [0.2, 0.25) is 0 Å². The van der Waals surface area contributed by atoms with E-state index in [1.165, 1.54) is 77.0 Å². The Kier molecular flexibility index (Phi) is 15.8. The van der Waals surface area contributed by atoms with Crippen molar-refractivity contribution in [2.24, 2.45) is 0 Å². The third-order valence-electron chi connectivity index (χ3n) is 5.62. The van der Waals surface area contributed by atoms with Gasteiger partial charge in [0.05, 0.1) is 0 Å². The smallest absolute Gasteiger partial charge is 0.323 e. The van der Waals surface area contributed by atoms with E-state index in [9.17, 15) is 9.90 Å². The maximum Gasteiger partial charge on any atom is 0.323 e. The number of allylic oxidation sites excluding steroid dienone is 2. The monoisotopic (exact) mass is 367 g/mol. The maximum absolute atomic E-state index is 11.4. The number of unbranched alkanes of at least 4 members (excludes halogenated alkanes) is 12. The Balaban J connectivity index is 3.43. The Bertz CT molecular complexity index is 365. The molecule has 154 valence electrons. The first-order chi connectivity index (χ1) is 12.4. The second-order valence-electron chi connectivity index (χ2n) is 8.16. The summed E-state index contributed by atoms with van der Waals surface area (Å²) in [5.41, 5.74) is -0.721. The second-order valence-corrected chi connectivity index (χ2v) is 8.16. The molecule has 0 rings (SSSR count). The molecule has 0 saturated heterocycles. The van der Waals surface area contributed by atoms with Crippen molar-refractivity contribution in [3.8, 4) is 0 Å². The average molecular weight is 368 g/mol. The Labute approximate surface area is 163 Å². The van der Waals surface area contributed by atoms with E-state index in [0.29, 0.717) is 0 Å². The van der Waals surface area contributed by atoms with E-state index < -0.39 is 11.5 Å². The largest absolute Gasteiger partial charge is 0.480 e. The molecule has 1 atom stereocenters. The molecule has 0 saturated carbocycles. The summed E-state index contributed by atoms with van der Waals surface area (Å²) in [7, 11) is 3.71. The summed E-state index contributed by atoms with van der Waals surface area (Å²) in [6, 6.07) is 0. The van der Waals surface area contributed by atoms with Gasteiger partial charge in [0, 0.05) is 0 Å². The number of likely N-dealkylation sites (N-methyl/N-ethyl adjacent to an activating group) is 1. The average Bonchev–Trinajstić information content (AvgIpc) is 2.60. The molecule has 0 radical (unpaired) electrons. The van der Waals surface area contributed by atoms with E-state index in [1.54, 1.807) is 0 Å². The Morgan fingerprint density at radius 3 is 1.65 bits per heavy atom. The van der Waals surface area contributed by atoms with Gasteiger partial charge in [-0.1, -0.05) is 83.3 Å². The minimum absolute atomic E-state index is 0.713. The number of carboxylic acid groups (broad SMARTS) is 1. The van der Waals surface area contributed by atoms with Crippen molar-refractivity contribution in [2.75, 3.05) is 14.1 Å². The first-order valence-corrected chi connectivity index (χ1v) is 11.0. The summed E-state index contributed by atoms with van der Waals surface area (Å²) >= 11 is 0. The van der Waals surface area contributed by atoms with Crippen LogP contribution in [0.1, 0.15) is 110 Å². The fourth-order valence-electron chi connectivity index (χ4n) is 3.24. The molecule has 3 nitrogen and oxygen atoms in total. The predicted molar refractivity (Wildman–Crippen MR) is 114 cm³/mol. The Hall–Kier alpha value is -0.830. The zero-order valence-corrected chi connectivity index (χ0v) is 18.1. The summed E-state index contributed by atoms with van der Waals surface area (Å²) in [5, 5.41) is 9.38. The SMILES string of the molecule is CCCCCCCCC=CCCCCCCCCC(C)(C(=O)O)N(C)C. The van der Waals surface area contributed by atoms with Crippen LogP contribution in [0.15, 0.2) is 12.2 Å². The van der Waals surface area contributed by atoms with E-state index in [-0.39, 0.29) is 0 Å². The van der Waals surface area contributed by atoms with Crippen molar-refractivity contribution in [3.63, 3.8) is 0 Å². The van der Waals surface area contributed by atoms with Crippen LogP contribution in [-0.2, 0) is 4.79 Å². The zero-order chi connectivity index (χ0) is 19.7. The van der Waals surface area contributed by atoms with Gasteiger partial charge < -0.3 is 5.11 Å². The fourth-order valence-corrected chi connectivity index (χ4v) is 3.24. The molecule has 0 heterocycles.